The van der Waals surface area contributed by atoms with E-state index in [1.165, 1.54) is 88.1 Å². The summed E-state index contributed by atoms with van der Waals surface area (Å²) in [5.41, 5.74) is 22.2. The van der Waals surface area contributed by atoms with E-state index >= 15 is 0 Å². The van der Waals surface area contributed by atoms with Crippen LogP contribution in [0.3, 0.4) is 0 Å². The van der Waals surface area contributed by atoms with Crippen LogP contribution in [0.1, 0.15) is 0 Å². The number of hydrogen-bond acceptors (Lipinski definition) is 1. The molecule has 0 aliphatic heterocycles. The molecule has 0 radical (unpaired) electrons. The second-order valence-electron chi connectivity index (χ2n) is 19.3. The summed E-state index contributed by atoms with van der Waals surface area (Å²) in [6.45, 7) is 0. The molecular weight excluding hydrogens is 907 g/mol. The Labute approximate surface area is 436 Å². The summed E-state index contributed by atoms with van der Waals surface area (Å²) >= 11 is 0. The van der Waals surface area contributed by atoms with E-state index in [-0.39, 0.29) is 0 Å². The molecule has 75 heavy (non-hydrogen) atoms. The number of anilines is 3. The average molecular weight is 956 g/mol. The van der Waals surface area contributed by atoms with Crippen LogP contribution in [-0.4, -0.2) is 9.13 Å². The monoisotopic (exact) mass is 955 g/mol. The molecule has 2 aromatic heterocycles. The van der Waals surface area contributed by atoms with Crippen molar-refractivity contribution in [3.63, 3.8) is 0 Å². The van der Waals surface area contributed by atoms with Crippen molar-refractivity contribution in [1.29, 1.82) is 0 Å². The fraction of sp³-hybridized carbons (Fsp3) is 0. The predicted octanol–water partition coefficient (Wildman–Crippen LogP) is 19.7. The minimum absolute atomic E-state index is 1.08. The minimum Gasteiger partial charge on any atom is -0.311 e. The van der Waals surface area contributed by atoms with Crippen LogP contribution in [-0.2, 0) is 0 Å². The Morgan fingerprint density at radius 2 is 0.480 bits per heavy atom. The number of benzene rings is 12. The molecular formula is C72H49N3. The number of fused-ring (bicyclic) bond motifs is 6. The van der Waals surface area contributed by atoms with Gasteiger partial charge in [0.15, 0.2) is 0 Å². The largest absolute Gasteiger partial charge is 0.311 e. The van der Waals surface area contributed by atoms with Crippen molar-refractivity contribution in [3.8, 4) is 67.0 Å². The molecule has 0 fully saturated rings. The van der Waals surface area contributed by atoms with Gasteiger partial charge in [-0.15, -0.1) is 0 Å². The zero-order chi connectivity index (χ0) is 49.7. The molecule has 3 heteroatoms. The van der Waals surface area contributed by atoms with Crippen LogP contribution in [0.25, 0.3) is 111 Å². The molecule has 0 atom stereocenters. The third kappa shape index (κ3) is 7.95. The van der Waals surface area contributed by atoms with Crippen LogP contribution >= 0.6 is 0 Å². The summed E-state index contributed by atoms with van der Waals surface area (Å²) in [6, 6.07) is 108. The summed E-state index contributed by atoms with van der Waals surface area (Å²) in [7, 11) is 0. The summed E-state index contributed by atoms with van der Waals surface area (Å²) in [4.78, 5) is 2.37. The molecule has 0 spiro atoms. The summed E-state index contributed by atoms with van der Waals surface area (Å²) in [5.74, 6) is 0. The van der Waals surface area contributed by atoms with Gasteiger partial charge in [-0.25, -0.2) is 0 Å². The Balaban J connectivity index is 0.831. The molecule has 14 rings (SSSR count). The zero-order valence-corrected chi connectivity index (χ0v) is 41.1. The second kappa shape index (κ2) is 18.6. The first-order chi connectivity index (χ1) is 37.2. The van der Waals surface area contributed by atoms with Gasteiger partial charge in [0.25, 0.3) is 0 Å². The lowest BCUT2D eigenvalue weighted by atomic mass is 9.93. The smallest absolute Gasteiger partial charge is 0.0541 e. The first-order valence-electron chi connectivity index (χ1n) is 25.7. The molecule has 0 bridgehead atoms. The van der Waals surface area contributed by atoms with E-state index < -0.39 is 0 Å². The average Bonchev–Trinajstić information content (AvgIpc) is 4.03. The third-order valence-corrected chi connectivity index (χ3v) is 14.9. The molecule has 3 nitrogen and oxygen atoms in total. The van der Waals surface area contributed by atoms with Crippen molar-refractivity contribution in [3.05, 3.63) is 297 Å². The maximum absolute atomic E-state index is 2.37. The van der Waals surface area contributed by atoms with Crippen molar-refractivity contribution in [2.45, 2.75) is 0 Å². The molecule has 0 amide bonds. The quantitative estimate of drug-likeness (QED) is 0.133. The van der Waals surface area contributed by atoms with E-state index in [0.717, 1.165) is 39.6 Å². The van der Waals surface area contributed by atoms with E-state index in [1.807, 2.05) is 0 Å². The highest BCUT2D eigenvalue weighted by molar-refractivity contribution is 6.11. The maximum Gasteiger partial charge on any atom is 0.0541 e. The zero-order valence-electron chi connectivity index (χ0n) is 41.1. The van der Waals surface area contributed by atoms with Crippen molar-refractivity contribution < 1.29 is 0 Å². The van der Waals surface area contributed by atoms with Gasteiger partial charge in [0.2, 0.25) is 0 Å². The van der Waals surface area contributed by atoms with Gasteiger partial charge in [0.1, 0.15) is 0 Å². The van der Waals surface area contributed by atoms with Gasteiger partial charge >= 0.3 is 0 Å². The molecule has 0 N–H and O–H groups in total. The number of para-hydroxylation sites is 4. The number of hydrogen-bond donors (Lipinski definition) is 0. The van der Waals surface area contributed by atoms with E-state index in [4.69, 9.17) is 0 Å². The highest BCUT2D eigenvalue weighted by atomic mass is 15.1. The highest BCUT2D eigenvalue weighted by Crippen LogP contribution is 2.41. The predicted molar refractivity (Wildman–Crippen MR) is 317 cm³/mol. The van der Waals surface area contributed by atoms with Crippen molar-refractivity contribution >= 4 is 60.7 Å². The van der Waals surface area contributed by atoms with E-state index in [1.54, 1.807) is 0 Å². The first-order valence-corrected chi connectivity index (χ1v) is 25.7. The topological polar surface area (TPSA) is 13.1 Å². The van der Waals surface area contributed by atoms with Gasteiger partial charge in [-0.2, -0.15) is 0 Å². The lowest BCUT2D eigenvalue weighted by Crippen LogP contribution is -2.09. The minimum atomic E-state index is 1.08. The summed E-state index contributed by atoms with van der Waals surface area (Å²) < 4.78 is 4.74. The number of aromatic nitrogens is 2. The standard InChI is InChI=1S/C72H49N3/c1-4-16-50(17-5-1)57-46-58(51-18-6-2-7-19-51)48-59(47-57)55-34-41-63(42-35-55)73(61-37-28-52(29-38-61)53-30-43-64(44-31-53)75-69-25-13-10-22-65(69)66-23-11-14-26-70(66)75)62-39-32-54(33-40-62)56-36-45-72-68(49-56)67-24-12-15-27-71(67)74(72)60-20-8-3-9-21-60/h1-49H. The second-order valence-corrected chi connectivity index (χ2v) is 19.3. The van der Waals surface area contributed by atoms with Gasteiger partial charge in [-0.1, -0.05) is 188 Å². The third-order valence-electron chi connectivity index (χ3n) is 14.9. The Kier molecular flexibility index (Phi) is 10.8. The Hall–Kier alpha value is -9.96. The molecule has 0 aliphatic carbocycles. The lowest BCUT2D eigenvalue weighted by Gasteiger charge is -2.26. The molecule has 2 heterocycles. The fourth-order valence-electron chi connectivity index (χ4n) is 11.3. The fourth-order valence-corrected chi connectivity index (χ4v) is 11.3. The van der Waals surface area contributed by atoms with E-state index in [9.17, 15) is 0 Å². The van der Waals surface area contributed by atoms with Gasteiger partial charge in [0.05, 0.1) is 22.1 Å². The highest BCUT2D eigenvalue weighted by Gasteiger charge is 2.18. The van der Waals surface area contributed by atoms with E-state index in [0.29, 0.717) is 0 Å². The van der Waals surface area contributed by atoms with Crippen LogP contribution in [0, 0.1) is 0 Å². The van der Waals surface area contributed by atoms with Crippen molar-refractivity contribution in [2.24, 2.45) is 0 Å². The van der Waals surface area contributed by atoms with Crippen LogP contribution in [0.4, 0.5) is 17.1 Å². The van der Waals surface area contributed by atoms with Gasteiger partial charge in [0, 0.05) is 50.0 Å². The molecule has 0 saturated carbocycles. The molecule has 12 aromatic carbocycles. The Morgan fingerprint density at radius 3 is 0.920 bits per heavy atom. The van der Waals surface area contributed by atoms with Gasteiger partial charge in [-0.05, 0) is 165 Å². The maximum atomic E-state index is 2.37. The van der Waals surface area contributed by atoms with Crippen molar-refractivity contribution in [2.75, 3.05) is 4.90 Å². The van der Waals surface area contributed by atoms with Gasteiger partial charge < -0.3 is 14.0 Å². The normalized spacial score (nSPS) is 11.5. The van der Waals surface area contributed by atoms with Crippen LogP contribution in [0.2, 0.25) is 0 Å². The Morgan fingerprint density at radius 1 is 0.187 bits per heavy atom. The lowest BCUT2D eigenvalue weighted by molar-refractivity contribution is 1.18. The first kappa shape index (κ1) is 43.8. The van der Waals surface area contributed by atoms with Gasteiger partial charge in [-0.3, -0.25) is 0 Å². The van der Waals surface area contributed by atoms with Crippen LogP contribution in [0.5, 0.6) is 0 Å². The molecule has 0 saturated heterocycles. The SMILES string of the molecule is c1ccc(-c2cc(-c3ccccc3)cc(-c3ccc(N(c4ccc(-c5ccc(-n6c7ccccc7c7ccccc76)cc5)cc4)c4ccc(-c5ccc6c(c5)c5ccccc5n6-c5ccccc5)cc4)cc3)c2)cc1. The van der Waals surface area contributed by atoms with Crippen LogP contribution in [0.15, 0.2) is 297 Å². The molecule has 0 unspecified atom stereocenters. The molecule has 352 valence electrons. The number of rotatable bonds is 10. The van der Waals surface area contributed by atoms with E-state index in [2.05, 4.69) is 311 Å². The number of nitrogens with zero attached hydrogens (tertiary/aromatic N) is 3. The molecule has 0 aliphatic rings. The Bertz CT molecular complexity index is 4230. The van der Waals surface area contributed by atoms with Crippen molar-refractivity contribution in [1.82, 2.24) is 9.13 Å². The van der Waals surface area contributed by atoms with Crippen LogP contribution < -0.4 is 4.90 Å². The summed E-state index contributed by atoms with van der Waals surface area (Å²) in [5, 5.41) is 5.02. The molecule has 14 aromatic rings. The summed E-state index contributed by atoms with van der Waals surface area (Å²) in [6.07, 6.45) is 0.